The third-order valence-corrected chi connectivity index (χ3v) is 5.30. The fourth-order valence-corrected chi connectivity index (χ4v) is 3.87. The average molecular weight is 426 g/mol. The number of H-pyrrole nitrogens is 1. The van der Waals surface area contributed by atoms with E-state index in [1.165, 1.54) is 29.6 Å². The predicted octanol–water partition coefficient (Wildman–Crippen LogP) is 3.82. The molecular weight excluding hydrogens is 409 g/mol. The molecule has 1 aliphatic heterocycles. The highest BCUT2D eigenvalue weighted by molar-refractivity contribution is 5.97. The first-order chi connectivity index (χ1) is 14.9. The van der Waals surface area contributed by atoms with Gasteiger partial charge in [-0.2, -0.15) is 5.10 Å². The molecule has 0 aliphatic carbocycles. The second-order valence-electron chi connectivity index (χ2n) is 7.54. The minimum absolute atomic E-state index is 0.208. The van der Waals surface area contributed by atoms with Crippen LogP contribution in [0.15, 0.2) is 49.1 Å². The fraction of sp³-hybridized carbons (Fsp3) is 0.238. The van der Waals surface area contributed by atoms with Crippen molar-refractivity contribution in [3.05, 3.63) is 60.4 Å². The summed E-state index contributed by atoms with van der Waals surface area (Å²) in [5.41, 5.74) is 1.79. The van der Waals surface area contributed by atoms with E-state index in [1.54, 1.807) is 29.0 Å². The van der Waals surface area contributed by atoms with Gasteiger partial charge in [-0.3, -0.25) is 9.89 Å². The highest BCUT2D eigenvalue weighted by Gasteiger charge is 2.37. The number of benzene rings is 1. The smallest absolute Gasteiger partial charge is 0.265 e. The van der Waals surface area contributed by atoms with E-state index in [9.17, 15) is 18.0 Å². The maximum Gasteiger partial charge on any atom is 0.265 e. The lowest BCUT2D eigenvalue weighted by atomic mass is 10.1. The Morgan fingerprint density at radius 1 is 1.16 bits per heavy atom. The van der Waals surface area contributed by atoms with Crippen molar-refractivity contribution in [3.63, 3.8) is 0 Å². The van der Waals surface area contributed by atoms with Gasteiger partial charge >= 0.3 is 0 Å². The molecule has 0 radical (unpaired) electrons. The van der Waals surface area contributed by atoms with Crippen molar-refractivity contribution in [1.29, 1.82) is 0 Å². The molecule has 3 aromatic heterocycles. The molecule has 1 aromatic carbocycles. The van der Waals surface area contributed by atoms with Crippen molar-refractivity contribution in [2.75, 3.05) is 13.1 Å². The van der Waals surface area contributed by atoms with Crippen LogP contribution in [0.5, 0.6) is 0 Å². The second kappa shape index (κ2) is 7.22. The number of halogens is 3. The largest absolute Gasteiger partial charge is 0.333 e. The number of rotatable bonds is 3. The Labute approximate surface area is 174 Å². The van der Waals surface area contributed by atoms with Crippen LogP contribution in [-0.2, 0) is 0 Å². The van der Waals surface area contributed by atoms with Gasteiger partial charge in [-0.1, -0.05) is 0 Å². The Morgan fingerprint density at radius 2 is 2.03 bits per heavy atom. The number of carbonyl (C=O) groups excluding carboxylic acids is 1. The highest BCUT2D eigenvalue weighted by Crippen LogP contribution is 2.28. The van der Waals surface area contributed by atoms with Crippen molar-refractivity contribution < 1.29 is 18.0 Å². The lowest BCUT2D eigenvalue weighted by Crippen LogP contribution is -2.45. The zero-order valence-corrected chi connectivity index (χ0v) is 16.2. The van der Waals surface area contributed by atoms with E-state index in [-0.39, 0.29) is 18.4 Å². The molecule has 1 fully saturated rings. The van der Waals surface area contributed by atoms with Crippen LogP contribution in [0, 0.1) is 5.82 Å². The second-order valence-corrected chi connectivity index (χ2v) is 7.54. The number of amides is 1. The van der Waals surface area contributed by atoms with E-state index in [4.69, 9.17) is 0 Å². The number of likely N-dealkylation sites (tertiary alicyclic amines) is 1. The summed E-state index contributed by atoms with van der Waals surface area (Å²) >= 11 is 0. The molecule has 158 valence electrons. The van der Waals surface area contributed by atoms with Crippen LogP contribution in [0.25, 0.3) is 28.1 Å². The van der Waals surface area contributed by atoms with E-state index in [1.807, 2.05) is 0 Å². The molecule has 31 heavy (non-hydrogen) atoms. The quantitative estimate of drug-likeness (QED) is 0.540. The summed E-state index contributed by atoms with van der Waals surface area (Å²) in [6.45, 7) is -0.292. The van der Waals surface area contributed by atoms with Crippen LogP contribution >= 0.6 is 0 Å². The lowest BCUT2D eigenvalue weighted by Gasteiger charge is -2.32. The number of hydrogen-bond donors (Lipinski definition) is 1. The molecule has 0 unspecified atom stereocenters. The molecule has 1 amide bonds. The predicted molar refractivity (Wildman–Crippen MR) is 106 cm³/mol. The van der Waals surface area contributed by atoms with Gasteiger partial charge < -0.3 is 9.47 Å². The topological polar surface area (TPSA) is 79.7 Å². The molecule has 0 atom stereocenters. The zero-order valence-electron chi connectivity index (χ0n) is 16.2. The Balaban J connectivity index is 1.49. The first-order valence-electron chi connectivity index (χ1n) is 9.71. The number of piperidine rings is 1. The van der Waals surface area contributed by atoms with E-state index < -0.39 is 24.2 Å². The summed E-state index contributed by atoms with van der Waals surface area (Å²) in [4.78, 5) is 22.3. The van der Waals surface area contributed by atoms with Crippen LogP contribution in [-0.4, -0.2) is 54.6 Å². The van der Waals surface area contributed by atoms with Crippen LogP contribution in [0.3, 0.4) is 0 Å². The first-order valence-corrected chi connectivity index (χ1v) is 9.71. The van der Waals surface area contributed by atoms with Gasteiger partial charge in [-0.25, -0.2) is 23.1 Å². The molecule has 4 heterocycles. The van der Waals surface area contributed by atoms with Gasteiger partial charge in [0.15, 0.2) is 5.82 Å². The molecule has 7 nitrogen and oxygen atoms in total. The van der Waals surface area contributed by atoms with Crippen molar-refractivity contribution in [2.24, 2.45) is 0 Å². The van der Waals surface area contributed by atoms with Crippen molar-refractivity contribution in [3.8, 4) is 17.1 Å². The molecule has 10 heteroatoms. The van der Waals surface area contributed by atoms with Gasteiger partial charge in [0.2, 0.25) is 0 Å². The molecule has 1 N–H and O–H groups in total. The number of aromatic nitrogens is 5. The molecule has 4 aromatic rings. The van der Waals surface area contributed by atoms with E-state index in [2.05, 4.69) is 20.2 Å². The summed E-state index contributed by atoms with van der Waals surface area (Å²) in [6.07, 6.45) is 4.46. The average Bonchev–Trinajstić information content (AvgIpc) is 3.41. The number of nitrogens with zero attached hydrogens (tertiary/aromatic N) is 5. The van der Waals surface area contributed by atoms with Crippen molar-refractivity contribution in [2.45, 2.75) is 18.8 Å². The van der Waals surface area contributed by atoms with Gasteiger partial charge in [0.1, 0.15) is 17.8 Å². The Kier molecular flexibility index (Phi) is 4.49. The normalized spacial score (nSPS) is 16.0. The number of alkyl halides is 2. The maximum absolute atomic E-state index is 14.2. The summed E-state index contributed by atoms with van der Waals surface area (Å²) in [5.74, 6) is -3.37. The van der Waals surface area contributed by atoms with E-state index in [0.717, 1.165) is 0 Å². The van der Waals surface area contributed by atoms with E-state index >= 15 is 0 Å². The number of hydrogen-bond acceptors (Lipinski definition) is 4. The van der Waals surface area contributed by atoms with Crippen LogP contribution in [0.2, 0.25) is 0 Å². The third-order valence-electron chi connectivity index (χ3n) is 5.30. The molecule has 0 spiro atoms. The van der Waals surface area contributed by atoms with E-state index in [0.29, 0.717) is 34.7 Å². The van der Waals surface area contributed by atoms with Crippen LogP contribution in [0.1, 0.15) is 23.2 Å². The fourth-order valence-electron chi connectivity index (χ4n) is 3.87. The number of pyridine rings is 1. The SMILES string of the molecule is O=C(c1cnc2c(ccn2-c2cc(F)cc(-c3ncn[nH]3)c2)c1)N1CCCC(F)(F)C1. The van der Waals surface area contributed by atoms with Gasteiger partial charge in [0.25, 0.3) is 11.8 Å². The monoisotopic (exact) mass is 426 g/mol. The first kappa shape index (κ1) is 19.3. The number of carbonyl (C=O) groups is 1. The van der Waals surface area contributed by atoms with Crippen molar-refractivity contribution >= 4 is 16.9 Å². The summed E-state index contributed by atoms with van der Waals surface area (Å²) in [6, 6.07) is 7.79. The lowest BCUT2D eigenvalue weighted by molar-refractivity contribution is -0.0560. The standard InChI is InChI=1S/C21H17F3N6O/c22-16-7-14(18-26-12-27-28-18)8-17(9-16)30-5-2-13-6-15(10-25-19(13)30)20(31)29-4-1-3-21(23,24)11-29/h2,5-10,12H,1,3-4,11H2,(H,26,27,28). The Hall–Kier alpha value is -3.69. The highest BCUT2D eigenvalue weighted by atomic mass is 19.3. The number of fused-ring (bicyclic) bond motifs is 1. The summed E-state index contributed by atoms with van der Waals surface area (Å²) in [7, 11) is 0. The minimum atomic E-state index is -2.87. The molecule has 1 saturated heterocycles. The van der Waals surface area contributed by atoms with Gasteiger partial charge in [0.05, 0.1) is 17.8 Å². The Bertz CT molecular complexity index is 1270. The maximum atomic E-state index is 14.2. The van der Waals surface area contributed by atoms with Gasteiger partial charge in [-0.15, -0.1) is 0 Å². The van der Waals surface area contributed by atoms with Gasteiger partial charge in [0, 0.05) is 36.3 Å². The molecule has 1 aliphatic rings. The van der Waals surface area contributed by atoms with Crippen LogP contribution in [0.4, 0.5) is 13.2 Å². The number of aromatic amines is 1. The Morgan fingerprint density at radius 3 is 2.81 bits per heavy atom. The van der Waals surface area contributed by atoms with Gasteiger partial charge in [-0.05, 0) is 36.8 Å². The zero-order chi connectivity index (χ0) is 21.6. The summed E-state index contributed by atoms with van der Waals surface area (Å²) in [5, 5.41) is 7.12. The minimum Gasteiger partial charge on any atom is -0.333 e. The number of nitrogens with one attached hydrogen (secondary N) is 1. The van der Waals surface area contributed by atoms with Crippen molar-refractivity contribution in [1.82, 2.24) is 29.6 Å². The molecule has 0 bridgehead atoms. The molecule has 5 rings (SSSR count). The molecule has 0 saturated carbocycles. The molecular formula is C21H17F3N6O. The van der Waals surface area contributed by atoms with Crippen LogP contribution < -0.4 is 0 Å². The third kappa shape index (κ3) is 3.65. The summed E-state index contributed by atoms with van der Waals surface area (Å²) < 4.78 is 43.3.